The van der Waals surface area contributed by atoms with Gasteiger partial charge in [-0.2, -0.15) is 18.3 Å². The number of sulfonamides is 1. The molecule has 0 bridgehead atoms. The first-order chi connectivity index (χ1) is 9.91. The molecule has 1 unspecified atom stereocenters. The van der Waals surface area contributed by atoms with E-state index in [0.717, 1.165) is 17.3 Å². The largest absolute Gasteiger partial charge is 0.436 e. The van der Waals surface area contributed by atoms with Crippen LogP contribution in [0.2, 0.25) is 0 Å². The molecule has 10 heteroatoms. The van der Waals surface area contributed by atoms with Crippen molar-refractivity contribution in [2.75, 3.05) is 6.54 Å². The Bertz CT molecular complexity index is 652. The Morgan fingerprint density at radius 2 is 2.14 bits per heavy atom. The van der Waals surface area contributed by atoms with Crippen molar-refractivity contribution in [3.63, 3.8) is 0 Å². The van der Waals surface area contributed by atoms with Gasteiger partial charge in [-0.05, 0) is 26.7 Å². The zero-order chi connectivity index (χ0) is 16.8. The van der Waals surface area contributed by atoms with Crippen LogP contribution >= 0.6 is 0 Å². The first-order valence-corrected chi connectivity index (χ1v) is 8.17. The van der Waals surface area contributed by atoms with Crippen molar-refractivity contribution in [1.82, 2.24) is 14.5 Å². The molecule has 0 aliphatic carbocycles. The van der Waals surface area contributed by atoms with Crippen molar-refractivity contribution in [3.8, 4) is 0 Å². The average molecular weight is 341 g/mol. The second-order valence-electron chi connectivity index (χ2n) is 5.90. The van der Waals surface area contributed by atoms with Gasteiger partial charge in [-0.25, -0.2) is 13.1 Å². The van der Waals surface area contributed by atoms with E-state index >= 15 is 0 Å². The number of hydrogen-bond donors (Lipinski definition) is 1. The molecule has 1 N–H and O–H groups in total. The molecule has 2 heterocycles. The molecule has 6 nitrogen and oxygen atoms in total. The molecule has 0 saturated carbocycles. The van der Waals surface area contributed by atoms with Gasteiger partial charge in [0.2, 0.25) is 10.0 Å². The van der Waals surface area contributed by atoms with E-state index in [4.69, 9.17) is 4.74 Å². The summed E-state index contributed by atoms with van der Waals surface area (Å²) in [5.74, 6) is 0. The van der Waals surface area contributed by atoms with Gasteiger partial charge in [0.25, 0.3) is 0 Å². The number of halogens is 3. The van der Waals surface area contributed by atoms with Gasteiger partial charge >= 0.3 is 6.18 Å². The quantitative estimate of drug-likeness (QED) is 0.904. The summed E-state index contributed by atoms with van der Waals surface area (Å²) in [6.45, 7) is 3.69. The van der Waals surface area contributed by atoms with Gasteiger partial charge in [0.05, 0.1) is 11.7 Å². The Morgan fingerprint density at radius 3 is 2.64 bits per heavy atom. The Morgan fingerprint density at radius 1 is 1.50 bits per heavy atom. The summed E-state index contributed by atoms with van der Waals surface area (Å²) < 4.78 is 71.4. The molecule has 0 spiro atoms. The summed E-state index contributed by atoms with van der Waals surface area (Å²) in [6, 6.07) is 0. The van der Waals surface area contributed by atoms with Crippen molar-refractivity contribution in [2.24, 2.45) is 7.05 Å². The van der Waals surface area contributed by atoms with Gasteiger partial charge in [-0.3, -0.25) is 4.68 Å². The predicted octanol–water partition coefficient (Wildman–Crippen LogP) is 1.67. The van der Waals surface area contributed by atoms with Gasteiger partial charge in [-0.1, -0.05) is 0 Å². The maximum absolute atomic E-state index is 12.8. The Labute approximate surface area is 126 Å². The van der Waals surface area contributed by atoms with Crippen LogP contribution in [0.4, 0.5) is 13.2 Å². The fourth-order valence-electron chi connectivity index (χ4n) is 2.36. The number of aromatic nitrogens is 2. The molecule has 0 aromatic carbocycles. The van der Waals surface area contributed by atoms with E-state index in [2.05, 4.69) is 9.82 Å². The molecule has 1 atom stereocenters. The molecule has 1 aliphatic rings. The lowest BCUT2D eigenvalue weighted by Gasteiger charge is -2.19. The van der Waals surface area contributed by atoms with Crippen molar-refractivity contribution in [3.05, 3.63) is 11.9 Å². The lowest BCUT2D eigenvalue weighted by Crippen LogP contribution is -2.34. The van der Waals surface area contributed by atoms with Gasteiger partial charge < -0.3 is 4.74 Å². The molecule has 0 radical (unpaired) electrons. The molecule has 1 fully saturated rings. The van der Waals surface area contributed by atoms with E-state index in [1.807, 2.05) is 13.8 Å². The minimum absolute atomic E-state index is 0.0715. The van der Waals surface area contributed by atoms with Crippen molar-refractivity contribution in [1.29, 1.82) is 0 Å². The number of hydrogen-bond acceptors (Lipinski definition) is 4. The van der Waals surface area contributed by atoms with Crippen LogP contribution in [-0.4, -0.2) is 36.4 Å². The minimum atomic E-state index is -4.84. The lowest BCUT2D eigenvalue weighted by molar-refractivity contribution is -0.143. The maximum atomic E-state index is 12.8. The molecule has 1 aromatic heterocycles. The molecule has 1 aromatic rings. The highest BCUT2D eigenvalue weighted by atomic mass is 32.2. The average Bonchev–Trinajstić information content (AvgIpc) is 2.90. The summed E-state index contributed by atoms with van der Waals surface area (Å²) in [7, 11) is -3.08. The normalized spacial score (nSPS) is 22.2. The second kappa shape index (κ2) is 5.50. The Kier molecular flexibility index (Phi) is 4.31. The van der Waals surface area contributed by atoms with Crippen LogP contribution in [-0.2, 0) is 28.0 Å². The number of nitrogens with zero attached hydrogens (tertiary/aromatic N) is 2. The highest BCUT2D eigenvalue weighted by Crippen LogP contribution is 2.33. The zero-order valence-electron chi connectivity index (χ0n) is 12.4. The first kappa shape index (κ1) is 17.2. The van der Waals surface area contributed by atoms with E-state index in [1.165, 1.54) is 7.05 Å². The summed E-state index contributed by atoms with van der Waals surface area (Å²) in [4.78, 5) is -0.875. The number of ether oxygens (including phenoxy) is 1. The molecule has 1 aliphatic heterocycles. The standard InChI is InChI=1S/C12H18F3N3O3S/c1-11(2)5-4-8(21-11)6-16-22(19,20)9-7-18(3)17-10(9)12(13,14)15/h7-8,16H,4-6H2,1-3H3. The molecule has 1 saturated heterocycles. The van der Waals surface area contributed by atoms with Crippen LogP contribution < -0.4 is 4.72 Å². The van der Waals surface area contributed by atoms with Gasteiger partial charge in [-0.15, -0.1) is 0 Å². The summed E-state index contributed by atoms with van der Waals surface area (Å²) >= 11 is 0. The summed E-state index contributed by atoms with van der Waals surface area (Å²) in [5, 5.41) is 3.19. The third-order valence-corrected chi connectivity index (χ3v) is 4.83. The van der Waals surface area contributed by atoms with Crippen LogP contribution in [0.5, 0.6) is 0 Å². The second-order valence-corrected chi connectivity index (χ2v) is 7.64. The molecule has 126 valence electrons. The van der Waals surface area contributed by atoms with Crippen LogP contribution in [0.25, 0.3) is 0 Å². The van der Waals surface area contributed by atoms with E-state index in [0.29, 0.717) is 6.42 Å². The lowest BCUT2D eigenvalue weighted by atomic mass is 10.1. The van der Waals surface area contributed by atoms with Crippen molar-refractivity contribution < 1.29 is 26.3 Å². The highest BCUT2D eigenvalue weighted by Gasteiger charge is 2.41. The van der Waals surface area contributed by atoms with Crippen LogP contribution in [0.3, 0.4) is 0 Å². The number of nitrogens with one attached hydrogen (secondary N) is 1. The Hall–Kier alpha value is -1.13. The molecule has 2 rings (SSSR count). The third kappa shape index (κ3) is 3.79. The monoisotopic (exact) mass is 341 g/mol. The van der Waals surface area contributed by atoms with Crippen molar-refractivity contribution >= 4 is 10.0 Å². The molecule has 0 amide bonds. The predicted molar refractivity (Wildman–Crippen MR) is 71.6 cm³/mol. The van der Waals surface area contributed by atoms with Crippen molar-refractivity contribution in [2.45, 2.75) is 49.5 Å². The highest BCUT2D eigenvalue weighted by molar-refractivity contribution is 7.89. The van der Waals surface area contributed by atoms with E-state index in [9.17, 15) is 21.6 Å². The number of aryl methyl sites for hydroxylation is 1. The van der Waals surface area contributed by atoms with Gasteiger partial charge in [0.1, 0.15) is 4.90 Å². The summed E-state index contributed by atoms with van der Waals surface area (Å²) in [6.07, 6.45) is -2.94. The topological polar surface area (TPSA) is 73.2 Å². The Balaban J connectivity index is 2.15. The first-order valence-electron chi connectivity index (χ1n) is 6.69. The number of alkyl halides is 3. The zero-order valence-corrected chi connectivity index (χ0v) is 13.3. The van der Waals surface area contributed by atoms with Crippen LogP contribution in [0.15, 0.2) is 11.1 Å². The fourth-order valence-corrected chi connectivity index (χ4v) is 3.62. The molecular weight excluding hydrogens is 323 g/mol. The molecular formula is C12H18F3N3O3S. The maximum Gasteiger partial charge on any atom is 0.436 e. The van der Waals surface area contributed by atoms with Crippen LogP contribution in [0, 0.1) is 0 Å². The summed E-state index contributed by atoms with van der Waals surface area (Å²) in [5.41, 5.74) is -1.77. The van der Waals surface area contributed by atoms with Gasteiger partial charge in [0.15, 0.2) is 5.69 Å². The SMILES string of the molecule is Cn1cc(S(=O)(=O)NCC2CCC(C)(C)O2)c(C(F)(F)F)n1. The van der Waals surface area contributed by atoms with Gasteiger partial charge in [0, 0.05) is 19.8 Å². The molecule has 22 heavy (non-hydrogen) atoms. The third-order valence-electron chi connectivity index (χ3n) is 3.41. The van der Waals surface area contributed by atoms with Crippen LogP contribution in [0.1, 0.15) is 32.4 Å². The van der Waals surface area contributed by atoms with E-state index < -0.39 is 26.8 Å². The fraction of sp³-hybridized carbons (Fsp3) is 0.750. The smallest absolute Gasteiger partial charge is 0.371 e. The van der Waals surface area contributed by atoms with E-state index in [1.54, 1.807) is 0 Å². The minimum Gasteiger partial charge on any atom is -0.371 e. The number of rotatable bonds is 4. The van der Waals surface area contributed by atoms with E-state index in [-0.39, 0.29) is 18.2 Å².